The molecule has 0 fully saturated rings. The van der Waals surface area contributed by atoms with Crippen LogP contribution in [0.4, 0.5) is 17.1 Å². The van der Waals surface area contributed by atoms with Crippen molar-refractivity contribution in [2.45, 2.75) is 12.0 Å². The Bertz CT molecular complexity index is 2500. The molecule has 2 aromatic heterocycles. The smallest absolute Gasteiger partial charge is 0.137 e. The zero-order valence-electron chi connectivity index (χ0n) is 24.5. The highest BCUT2D eigenvalue weighted by Gasteiger charge is 2.35. The van der Waals surface area contributed by atoms with Crippen molar-refractivity contribution in [2.75, 3.05) is 4.90 Å². The fourth-order valence-corrected chi connectivity index (χ4v) is 7.70. The Labute approximate surface area is 260 Å². The number of para-hydroxylation sites is 2. The Balaban J connectivity index is 1.22. The topological polar surface area (TPSA) is 21.3 Å². The van der Waals surface area contributed by atoms with Gasteiger partial charge in [0.15, 0.2) is 0 Å². The first-order valence-electron chi connectivity index (χ1n) is 15.6. The van der Waals surface area contributed by atoms with Gasteiger partial charge in [0.05, 0.1) is 11.6 Å². The zero-order valence-corrected chi connectivity index (χ0v) is 24.5. The second kappa shape index (κ2) is 9.35. The SMILES string of the molecule is C1=CC2c3cc(N(c4ccc(-c5ccccc5)cc4)c4ccc5c(c4)oc4ccccc45)cc4c5ccccc5n(c34)C2C=C1. The molecule has 0 N–H and O–H groups in total. The summed E-state index contributed by atoms with van der Waals surface area (Å²) in [4.78, 5) is 2.39. The molecule has 2 unspecified atom stereocenters. The molecule has 2 aliphatic rings. The summed E-state index contributed by atoms with van der Waals surface area (Å²) in [5, 5.41) is 4.87. The third-order valence-corrected chi connectivity index (χ3v) is 9.69. The lowest BCUT2D eigenvalue weighted by Gasteiger charge is -2.27. The monoisotopic (exact) mass is 576 g/mol. The molecule has 0 radical (unpaired) electrons. The molecule has 10 rings (SSSR count). The van der Waals surface area contributed by atoms with Crippen molar-refractivity contribution < 1.29 is 4.42 Å². The Hall–Kier alpha value is -5.80. The van der Waals surface area contributed by atoms with Crippen LogP contribution in [0.15, 0.2) is 162 Å². The van der Waals surface area contributed by atoms with E-state index in [0.29, 0.717) is 5.92 Å². The molecule has 0 saturated heterocycles. The summed E-state index contributed by atoms with van der Waals surface area (Å²) in [6.07, 6.45) is 9.11. The van der Waals surface area contributed by atoms with Crippen molar-refractivity contribution in [1.82, 2.24) is 4.57 Å². The minimum Gasteiger partial charge on any atom is -0.456 e. The van der Waals surface area contributed by atoms with Crippen LogP contribution in [0, 0.1) is 0 Å². The van der Waals surface area contributed by atoms with Gasteiger partial charge in [-0.25, -0.2) is 0 Å². The van der Waals surface area contributed by atoms with Crippen molar-refractivity contribution >= 4 is 60.8 Å². The van der Waals surface area contributed by atoms with E-state index < -0.39 is 0 Å². The van der Waals surface area contributed by atoms with Gasteiger partial charge in [-0.2, -0.15) is 0 Å². The maximum absolute atomic E-state index is 6.38. The molecule has 2 atom stereocenters. The summed E-state index contributed by atoms with van der Waals surface area (Å²) in [5.74, 6) is 0.303. The average molecular weight is 577 g/mol. The molecule has 0 bridgehead atoms. The number of aromatic nitrogens is 1. The summed E-state index contributed by atoms with van der Waals surface area (Å²) in [6.45, 7) is 0. The van der Waals surface area contributed by atoms with Gasteiger partial charge in [0.2, 0.25) is 0 Å². The predicted molar refractivity (Wildman–Crippen MR) is 187 cm³/mol. The van der Waals surface area contributed by atoms with Crippen molar-refractivity contribution in [3.63, 3.8) is 0 Å². The molecule has 3 heteroatoms. The van der Waals surface area contributed by atoms with Crippen molar-refractivity contribution in [2.24, 2.45) is 0 Å². The first-order chi connectivity index (χ1) is 22.3. The molecule has 1 aliphatic heterocycles. The van der Waals surface area contributed by atoms with E-state index in [0.717, 1.165) is 39.0 Å². The lowest BCUT2D eigenvalue weighted by Crippen LogP contribution is -2.11. The van der Waals surface area contributed by atoms with Crippen molar-refractivity contribution in [1.29, 1.82) is 0 Å². The van der Waals surface area contributed by atoms with Gasteiger partial charge in [-0.1, -0.05) is 103 Å². The van der Waals surface area contributed by atoms with Gasteiger partial charge in [0.1, 0.15) is 11.2 Å². The quantitative estimate of drug-likeness (QED) is 0.208. The van der Waals surface area contributed by atoms with Crippen molar-refractivity contribution in [3.8, 4) is 11.1 Å². The van der Waals surface area contributed by atoms with E-state index in [9.17, 15) is 0 Å². The van der Waals surface area contributed by atoms with Gasteiger partial charge in [0.25, 0.3) is 0 Å². The van der Waals surface area contributed by atoms with Crippen LogP contribution in [0.2, 0.25) is 0 Å². The van der Waals surface area contributed by atoms with Crippen LogP contribution in [0.25, 0.3) is 54.9 Å². The van der Waals surface area contributed by atoms with Crippen molar-refractivity contribution in [3.05, 3.63) is 163 Å². The minimum absolute atomic E-state index is 0.285. The van der Waals surface area contributed by atoms with Crippen LogP contribution in [0.1, 0.15) is 17.5 Å². The Morgan fingerprint density at radius 1 is 0.511 bits per heavy atom. The molecular formula is C42H28N2O. The second-order valence-electron chi connectivity index (χ2n) is 12.1. The number of hydrogen-bond acceptors (Lipinski definition) is 2. The van der Waals surface area contributed by atoms with Gasteiger partial charge in [-0.3, -0.25) is 0 Å². The molecule has 0 spiro atoms. The Morgan fingerprint density at radius 3 is 2.11 bits per heavy atom. The first kappa shape index (κ1) is 24.6. The van der Waals surface area contributed by atoms with E-state index in [-0.39, 0.29) is 6.04 Å². The maximum Gasteiger partial charge on any atom is 0.137 e. The molecular weight excluding hydrogens is 548 g/mol. The fourth-order valence-electron chi connectivity index (χ4n) is 7.70. The standard InChI is InChI=1S/C42H28N2O/c1-2-10-27(11-3-1)28-18-20-29(21-19-28)43(30-22-23-35-34-14-6-9-17-40(34)45-41(35)26-30)31-24-36-32-12-4-7-15-38(32)44-39-16-8-5-13-33(39)37(25-31)42(36)44/h1-26,32,38H. The van der Waals surface area contributed by atoms with Crippen LogP contribution < -0.4 is 4.90 Å². The summed E-state index contributed by atoms with van der Waals surface area (Å²) < 4.78 is 8.93. The van der Waals surface area contributed by atoms with Gasteiger partial charge in [0, 0.05) is 56.1 Å². The number of allylic oxidation sites excluding steroid dienone is 4. The molecule has 0 amide bonds. The van der Waals surface area contributed by atoms with E-state index in [4.69, 9.17) is 4.42 Å². The van der Waals surface area contributed by atoms with Crippen LogP contribution in [0.3, 0.4) is 0 Å². The molecule has 212 valence electrons. The minimum atomic E-state index is 0.285. The molecule has 0 saturated carbocycles. The largest absolute Gasteiger partial charge is 0.456 e. The van der Waals surface area contributed by atoms with E-state index in [1.807, 2.05) is 12.1 Å². The summed E-state index contributed by atoms with van der Waals surface area (Å²) >= 11 is 0. The molecule has 1 aliphatic carbocycles. The van der Waals surface area contributed by atoms with Gasteiger partial charge < -0.3 is 13.9 Å². The van der Waals surface area contributed by atoms with E-state index >= 15 is 0 Å². The fraction of sp³-hybridized carbons (Fsp3) is 0.0476. The number of rotatable bonds is 4. The number of nitrogens with zero attached hydrogens (tertiary/aromatic N) is 2. The highest BCUT2D eigenvalue weighted by atomic mass is 16.3. The van der Waals surface area contributed by atoms with Crippen LogP contribution in [-0.4, -0.2) is 4.57 Å². The molecule has 45 heavy (non-hydrogen) atoms. The third-order valence-electron chi connectivity index (χ3n) is 9.69. The number of benzene rings is 6. The van der Waals surface area contributed by atoms with E-state index in [1.54, 1.807) is 0 Å². The summed E-state index contributed by atoms with van der Waals surface area (Å²) in [5.41, 5.74) is 11.5. The summed E-state index contributed by atoms with van der Waals surface area (Å²) in [6, 6.07) is 48.4. The number of anilines is 3. The third kappa shape index (κ3) is 3.58. The first-order valence-corrected chi connectivity index (χ1v) is 15.6. The van der Waals surface area contributed by atoms with Crippen LogP contribution in [-0.2, 0) is 0 Å². The Kier molecular flexibility index (Phi) is 5.11. The lowest BCUT2D eigenvalue weighted by molar-refractivity contribution is 0.615. The van der Waals surface area contributed by atoms with Crippen LogP contribution >= 0.6 is 0 Å². The predicted octanol–water partition coefficient (Wildman–Crippen LogP) is 11.6. The van der Waals surface area contributed by atoms with E-state index in [2.05, 4.69) is 155 Å². The zero-order chi connectivity index (χ0) is 29.5. The average Bonchev–Trinajstić information content (AvgIpc) is 3.75. The summed E-state index contributed by atoms with van der Waals surface area (Å²) in [7, 11) is 0. The highest BCUT2D eigenvalue weighted by Crippen LogP contribution is 2.52. The molecule has 6 aromatic carbocycles. The Morgan fingerprint density at radius 2 is 1.22 bits per heavy atom. The van der Waals surface area contributed by atoms with Crippen LogP contribution in [0.5, 0.6) is 0 Å². The number of furan rings is 1. The van der Waals surface area contributed by atoms with E-state index in [1.165, 1.54) is 38.5 Å². The number of fused-ring (bicyclic) bond motifs is 9. The highest BCUT2D eigenvalue weighted by molar-refractivity contribution is 6.12. The maximum atomic E-state index is 6.38. The van der Waals surface area contributed by atoms with Gasteiger partial charge >= 0.3 is 0 Å². The van der Waals surface area contributed by atoms with Gasteiger partial charge in [-0.05, 0) is 65.2 Å². The molecule has 3 nitrogen and oxygen atoms in total. The molecule has 8 aromatic rings. The molecule has 3 heterocycles. The lowest BCUT2D eigenvalue weighted by atomic mass is 9.89. The van der Waals surface area contributed by atoms with Gasteiger partial charge in [-0.15, -0.1) is 0 Å². The second-order valence-corrected chi connectivity index (χ2v) is 12.1. The normalized spacial score (nSPS) is 16.7. The number of hydrogen-bond donors (Lipinski definition) is 0.